The molecule has 0 unspecified atom stereocenters. The number of piperazine rings is 1. The molecule has 1 aliphatic carbocycles. The molecule has 0 aromatic carbocycles. The summed E-state index contributed by atoms with van der Waals surface area (Å²) in [7, 11) is 0. The van der Waals surface area contributed by atoms with Crippen LogP contribution >= 0.6 is 0 Å². The van der Waals surface area contributed by atoms with E-state index >= 15 is 0 Å². The second kappa shape index (κ2) is 8.39. The largest absolute Gasteiger partial charge is 0.444 e. The van der Waals surface area contributed by atoms with Gasteiger partial charge in [0.2, 0.25) is 17.7 Å². The summed E-state index contributed by atoms with van der Waals surface area (Å²) in [5.41, 5.74) is -0.571. The number of anilines is 2. The van der Waals surface area contributed by atoms with Gasteiger partial charge >= 0.3 is 6.09 Å². The number of amides is 1. The molecule has 1 saturated carbocycles. The topological polar surface area (TPSA) is 107 Å². The smallest absolute Gasteiger partial charge is 0.410 e. The highest BCUT2D eigenvalue weighted by atomic mass is 16.6. The maximum atomic E-state index is 12.3. The van der Waals surface area contributed by atoms with Crippen molar-refractivity contribution >= 4 is 18.0 Å². The fraction of sp³-hybridized carbons (Fsp3) is 0.750. The Labute approximate surface area is 172 Å². The minimum absolute atomic E-state index is 0.0565. The number of nitrogens with one attached hydrogen (secondary N) is 1. The van der Waals surface area contributed by atoms with Crippen LogP contribution in [0.15, 0.2) is 0 Å². The normalized spacial score (nSPS) is 19.4. The Morgan fingerprint density at radius 3 is 2.34 bits per heavy atom. The zero-order valence-electron chi connectivity index (χ0n) is 17.9. The minimum atomic E-state index is -0.514. The Balaban J connectivity index is 1.68. The van der Waals surface area contributed by atoms with Crippen LogP contribution in [0, 0.1) is 11.3 Å². The van der Waals surface area contributed by atoms with Crippen LogP contribution in [-0.4, -0.2) is 63.3 Å². The SMILES string of the molecule is CC1(Nc2nc(C#N)nc(N3CCN(C(=O)OC(C)(C)C)CC3)n2)CCCCC1. The van der Waals surface area contributed by atoms with Crippen molar-refractivity contribution in [2.24, 2.45) is 0 Å². The first-order valence-electron chi connectivity index (χ1n) is 10.3. The van der Waals surface area contributed by atoms with E-state index < -0.39 is 5.60 Å². The van der Waals surface area contributed by atoms with Crippen molar-refractivity contribution in [3.05, 3.63) is 5.82 Å². The van der Waals surface area contributed by atoms with E-state index in [2.05, 4.69) is 27.2 Å². The molecule has 2 fully saturated rings. The molecule has 9 heteroatoms. The molecule has 0 bridgehead atoms. The number of hydrogen-bond acceptors (Lipinski definition) is 8. The molecule has 29 heavy (non-hydrogen) atoms. The van der Waals surface area contributed by atoms with Crippen molar-refractivity contribution < 1.29 is 9.53 Å². The van der Waals surface area contributed by atoms with Crippen molar-refractivity contribution in [2.45, 2.75) is 70.9 Å². The van der Waals surface area contributed by atoms with Crippen molar-refractivity contribution in [3.8, 4) is 6.07 Å². The van der Waals surface area contributed by atoms with Crippen molar-refractivity contribution in [1.29, 1.82) is 5.26 Å². The molecule has 1 aromatic rings. The van der Waals surface area contributed by atoms with Crippen LogP contribution in [0.25, 0.3) is 0 Å². The molecule has 0 atom stereocenters. The number of ether oxygens (including phenoxy) is 1. The van der Waals surface area contributed by atoms with Gasteiger partial charge in [0.25, 0.3) is 0 Å². The summed E-state index contributed by atoms with van der Waals surface area (Å²) >= 11 is 0. The Bertz CT molecular complexity index is 770. The number of nitriles is 1. The van der Waals surface area contributed by atoms with Gasteiger partial charge in [-0.05, 0) is 40.5 Å². The van der Waals surface area contributed by atoms with Gasteiger partial charge in [0, 0.05) is 31.7 Å². The lowest BCUT2D eigenvalue weighted by Gasteiger charge is -2.36. The third-order valence-corrected chi connectivity index (χ3v) is 5.31. The first kappa shape index (κ1) is 21.1. The van der Waals surface area contributed by atoms with E-state index in [0.717, 1.165) is 12.8 Å². The fourth-order valence-corrected chi connectivity index (χ4v) is 3.75. The standard InChI is InChI=1S/C20H31N7O2/c1-19(2,3)29-18(28)27-12-10-26(11-13-27)17-23-15(14-21)22-16(24-17)25-20(4)8-6-5-7-9-20/h5-13H2,1-4H3,(H,22,23,24,25). The highest BCUT2D eigenvalue weighted by molar-refractivity contribution is 5.68. The summed E-state index contributed by atoms with van der Waals surface area (Å²) < 4.78 is 5.44. The summed E-state index contributed by atoms with van der Waals surface area (Å²) in [5, 5.41) is 12.8. The van der Waals surface area contributed by atoms with Gasteiger partial charge in [-0.2, -0.15) is 20.2 Å². The van der Waals surface area contributed by atoms with E-state index in [4.69, 9.17) is 4.74 Å². The molecule has 2 aliphatic rings. The fourth-order valence-electron chi connectivity index (χ4n) is 3.75. The number of carbonyl (C=O) groups is 1. The van der Waals surface area contributed by atoms with Crippen LogP contribution in [0.3, 0.4) is 0 Å². The van der Waals surface area contributed by atoms with Crippen molar-refractivity contribution in [2.75, 3.05) is 36.4 Å². The lowest BCUT2D eigenvalue weighted by atomic mass is 9.83. The van der Waals surface area contributed by atoms with Gasteiger partial charge in [-0.3, -0.25) is 0 Å². The third-order valence-electron chi connectivity index (χ3n) is 5.31. The number of nitrogens with zero attached hydrogens (tertiary/aromatic N) is 6. The molecular formula is C20H31N7O2. The van der Waals surface area contributed by atoms with Gasteiger partial charge in [-0.1, -0.05) is 19.3 Å². The van der Waals surface area contributed by atoms with E-state index in [-0.39, 0.29) is 17.5 Å². The molecule has 1 amide bonds. The van der Waals surface area contributed by atoms with Crippen LogP contribution in [-0.2, 0) is 4.74 Å². The monoisotopic (exact) mass is 401 g/mol. The predicted octanol–water partition coefficient (Wildman–Crippen LogP) is 2.94. The van der Waals surface area contributed by atoms with Crippen LogP contribution in [0.4, 0.5) is 16.7 Å². The average Bonchev–Trinajstić information content (AvgIpc) is 2.66. The van der Waals surface area contributed by atoms with Gasteiger partial charge < -0.3 is 19.9 Å². The molecule has 2 heterocycles. The zero-order valence-corrected chi connectivity index (χ0v) is 17.9. The summed E-state index contributed by atoms with van der Waals surface area (Å²) in [6, 6.07) is 2.04. The molecule has 3 rings (SSSR count). The zero-order chi connectivity index (χ0) is 21.1. The van der Waals surface area contributed by atoms with Gasteiger partial charge in [-0.25, -0.2) is 4.79 Å². The second-order valence-electron chi connectivity index (χ2n) is 9.10. The van der Waals surface area contributed by atoms with Gasteiger partial charge in [0.05, 0.1) is 0 Å². The van der Waals surface area contributed by atoms with Gasteiger partial charge in [0.1, 0.15) is 11.7 Å². The average molecular weight is 402 g/mol. The van der Waals surface area contributed by atoms with E-state index in [1.165, 1.54) is 19.3 Å². The first-order valence-corrected chi connectivity index (χ1v) is 10.3. The van der Waals surface area contributed by atoms with Crippen molar-refractivity contribution in [1.82, 2.24) is 19.9 Å². The number of rotatable bonds is 3. The maximum Gasteiger partial charge on any atom is 0.410 e. The molecule has 1 aromatic heterocycles. The minimum Gasteiger partial charge on any atom is -0.444 e. The first-order chi connectivity index (χ1) is 13.7. The van der Waals surface area contributed by atoms with Gasteiger partial charge in [-0.15, -0.1) is 0 Å². The Kier molecular flexibility index (Phi) is 6.10. The molecule has 9 nitrogen and oxygen atoms in total. The number of aromatic nitrogens is 3. The van der Waals surface area contributed by atoms with Crippen LogP contribution < -0.4 is 10.2 Å². The number of carbonyl (C=O) groups excluding carboxylic acids is 1. The molecule has 1 N–H and O–H groups in total. The van der Waals surface area contributed by atoms with E-state index in [9.17, 15) is 10.1 Å². The highest BCUT2D eigenvalue weighted by Gasteiger charge is 2.30. The lowest BCUT2D eigenvalue weighted by molar-refractivity contribution is 0.0240. The van der Waals surface area contributed by atoms with E-state index in [1.54, 1.807) is 4.90 Å². The second-order valence-corrected chi connectivity index (χ2v) is 9.10. The Morgan fingerprint density at radius 1 is 1.10 bits per heavy atom. The Morgan fingerprint density at radius 2 is 1.76 bits per heavy atom. The Hall–Kier alpha value is -2.63. The van der Waals surface area contributed by atoms with Crippen LogP contribution in [0.5, 0.6) is 0 Å². The van der Waals surface area contributed by atoms with Crippen molar-refractivity contribution in [3.63, 3.8) is 0 Å². The maximum absolute atomic E-state index is 12.3. The summed E-state index contributed by atoms with van der Waals surface area (Å²) in [6.07, 6.45) is 5.43. The molecular weight excluding hydrogens is 370 g/mol. The summed E-state index contributed by atoms with van der Waals surface area (Å²) in [5.74, 6) is 1.03. The molecule has 1 saturated heterocycles. The van der Waals surface area contributed by atoms with E-state index in [1.807, 2.05) is 31.7 Å². The number of hydrogen-bond donors (Lipinski definition) is 1. The van der Waals surface area contributed by atoms with E-state index in [0.29, 0.717) is 38.1 Å². The quantitative estimate of drug-likeness (QED) is 0.824. The molecule has 0 spiro atoms. The summed E-state index contributed by atoms with van der Waals surface area (Å²) in [6.45, 7) is 9.94. The summed E-state index contributed by atoms with van der Waals surface area (Å²) in [4.78, 5) is 29.1. The predicted molar refractivity (Wildman–Crippen MR) is 110 cm³/mol. The van der Waals surface area contributed by atoms with Crippen LogP contribution in [0.2, 0.25) is 0 Å². The third kappa shape index (κ3) is 5.68. The molecule has 158 valence electrons. The van der Waals surface area contributed by atoms with Crippen LogP contribution in [0.1, 0.15) is 65.6 Å². The molecule has 0 radical (unpaired) electrons. The highest BCUT2D eigenvalue weighted by Crippen LogP contribution is 2.30. The molecule has 1 aliphatic heterocycles. The van der Waals surface area contributed by atoms with Gasteiger partial charge in [0.15, 0.2) is 0 Å². The lowest BCUT2D eigenvalue weighted by Crippen LogP contribution is -2.50.